The molecule has 102 valence electrons. The average molecular weight is 272 g/mol. The topological polar surface area (TPSA) is 102 Å². The summed E-state index contributed by atoms with van der Waals surface area (Å²) in [6, 6.07) is 5.22. The van der Waals surface area contributed by atoms with Gasteiger partial charge in [-0.05, 0) is 12.1 Å². The highest BCUT2D eigenvalue weighted by molar-refractivity contribution is 5.97. The fraction of sp³-hybridized carbons (Fsp3) is 0.250. The van der Waals surface area contributed by atoms with Crippen LogP contribution in [-0.2, 0) is 16.1 Å². The molecule has 2 amide bonds. The van der Waals surface area contributed by atoms with Crippen molar-refractivity contribution < 1.29 is 9.59 Å². The van der Waals surface area contributed by atoms with Crippen LogP contribution in [0.4, 0.5) is 11.8 Å². The second kappa shape index (κ2) is 5.08. The summed E-state index contributed by atoms with van der Waals surface area (Å²) < 4.78 is 1.57. The van der Waals surface area contributed by atoms with Gasteiger partial charge in [-0.3, -0.25) is 14.9 Å². The molecule has 0 radical (unpaired) electrons. The number of amides is 2. The van der Waals surface area contributed by atoms with Crippen LogP contribution in [0.2, 0.25) is 0 Å². The number of nitrogens with one attached hydrogen (secondary N) is 2. The third-order valence-corrected chi connectivity index (χ3v) is 2.98. The van der Waals surface area contributed by atoms with Crippen molar-refractivity contribution in [2.45, 2.75) is 13.0 Å². The molecule has 0 aliphatic carbocycles. The number of rotatable bonds is 3. The normalized spacial score (nSPS) is 17.2. The van der Waals surface area contributed by atoms with Crippen molar-refractivity contribution in [3.8, 4) is 0 Å². The van der Waals surface area contributed by atoms with Gasteiger partial charge in [-0.15, -0.1) is 0 Å². The smallest absolute Gasteiger partial charge is 0.232 e. The van der Waals surface area contributed by atoms with Gasteiger partial charge in [0.25, 0.3) is 0 Å². The van der Waals surface area contributed by atoms with E-state index in [2.05, 4.69) is 25.7 Å². The fourth-order valence-electron chi connectivity index (χ4n) is 2.01. The quantitative estimate of drug-likeness (QED) is 0.835. The Kier molecular flexibility index (Phi) is 3.12. The van der Waals surface area contributed by atoms with E-state index in [1.165, 1.54) is 6.33 Å². The van der Waals surface area contributed by atoms with Crippen LogP contribution in [0.5, 0.6) is 0 Å². The van der Waals surface area contributed by atoms with Crippen molar-refractivity contribution >= 4 is 23.6 Å². The molecular formula is C12H12N6O2. The Morgan fingerprint density at radius 3 is 3.15 bits per heavy atom. The Hall–Kier alpha value is -2.77. The van der Waals surface area contributed by atoms with Crippen molar-refractivity contribution in [2.75, 3.05) is 10.6 Å². The summed E-state index contributed by atoms with van der Waals surface area (Å²) in [7, 11) is 0. The molecular weight excluding hydrogens is 260 g/mol. The number of nitrogens with zero attached hydrogens (tertiary/aromatic N) is 4. The zero-order chi connectivity index (χ0) is 13.9. The highest BCUT2D eigenvalue weighted by atomic mass is 16.2. The maximum atomic E-state index is 11.9. The largest absolute Gasteiger partial charge is 0.311 e. The molecule has 1 atom stereocenters. The van der Waals surface area contributed by atoms with Crippen molar-refractivity contribution in [1.82, 2.24) is 19.7 Å². The maximum absolute atomic E-state index is 11.9. The highest BCUT2D eigenvalue weighted by Gasteiger charge is 2.29. The lowest BCUT2D eigenvalue weighted by Crippen LogP contribution is -2.36. The van der Waals surface area contributed by atoms with Gasteiger partial charge in [0.15, 0.2) is 0 Å². The first-order chi connectivity index (χ1) is 9.72. The predicted octanol–water partition coefficient (Wildman–Crippen LogP) is 0.270. The molecule has 2 N–H and O–H groups in total. The first-order valence-electron chi connectivity index (χ1n) is 6.12. The van der Waals surface area contributed by atoms with Gasteiger partial charge in [0.05, 0.1) is 12.5 Å². The number of anilines is 2. The van der Waals surface area contributed by atoms with E-state index in [1.807, 2.05) is 0 Å². The van der Waals surface area contributed by atoms with Gasteiger partial charge in [0, 0.05) is 12.6 Å². The summed E-state index contributed by atoms with van der Waals surface area (Å²) in [5.41, 5.74) is 0. The van der Waals surface area contributed by atoms with Gasteiger partial charge < -0.3 is 5.32 Å². The molecule has 8 nitrogen and oxygen atoms in total. The second-order valence-corrected chi connectivity index (χ2v) is 4.42. The Balaban J connectivity index is 1.63. The first kappa shape index (κ1) is 12.3. The molecule has 0 saturated carbocycles. The van der Waals surface area contributed by atoms with Crippen LogP contribution in [0.25, 0.3) is 0 Å². The average Bonchev–Trinajstić information content (AvgIpc) is 2.87. The van der Waals surface area contributed by atoms with Crippen LogP contribution < -0.4 is 10.6 Å². The molecule has 0 unspecified atom stereocenters. The van der Waals surface area contributed by atoms with Crippen LogP contribution in [0.3, 0.4) is 0 Å². The Morgan fingerprint density at radius 1 is 1.45 bits per heavy atom. The maximum Gasteiger partial charge on any atom is 0.232 e. The SMILES string of the molecule is O=C(C[C@@H]1Cn2ncnc2NC1=O)Nc1ccccn1. The van der Waals surface area contributed by atoms with Gasteiger partial charge in [-0.25, -0.2) is 9.67 Å². The lowest BCUT2D eigenvalue weighted by molar-refractivity contribution is -0.126. The number of carbonyl (C=O) groups is 2. The zero-order valence-electron chi connectivity index (χ0n) is 10.5. The van der Waals surface area contributed by atoms with Gasteiger partial charge in [-0.1, -0.05) is 6.07 Å². The van der Waals surface area contributed by atoms with E-state index in [-0.39, 0.29) is 18.2 Å². The zero-order valence-corrected chi connectivity index (χ0v) is 10.5. The molecule has 3 rings (SSSR count). The predicted molar refractivity (Wildman–Crippen MR) is 69.6 cm³/mol. The van der Waals surface area contributed by atoms with Gasteiger partial charge in [-0.2, -0.15) is 10.1 Å². The third-order valence-electron chi connectivity index (χ3n) is 2.98. The molecule has 2 aromatic heterocycles. The number of carbonyl (C=O) groups excluding carboxylic acids is 2. The van der Waals surface area contributed by atoms with Crippen LogP contribution in [-0.4, -0.2) is 31.6 Å². The summed E-state index contributed by atoms with van der Waals surface area (Å²) in [5, 5.41) is 9.25. The molecule has 0 spiro atoms. The number of pyridine rings is 1. The van der Waals surface area contributed by atoms with Crippen LogP contribution in [0.15, 0.2) is 30.7 Å². The molecule has 0 fully saturated rings. The third kappa shape index (κ3) is 2.48. The van der Waals surface area contributed by atoms with Crippen molar-refractivity contribution in [1.29, 1.82) is 0 Å². The lowest BCUT2D eigenvalue weighted by Gasteiger charge is -2.21. The molecule has 0 saturated heterocycles. The van der Waals surface area contributed by atoms with E-state index < -0.39 is 5.92 Å². The molecule has 20 heavy (non-hydrogen) atoms. The van der Waals surface area contributed by atoms with Crippen LogP contribution in [0.1, 0.15) is 6.42 Å². The van der Waals surface area contributed by atoms with Crippen LogP contribution in [0, 0.1) is 5.92 Å². The first-order valence-corrected chi connectivity index (χ1v) is 6.12. The minimum absolute atomic E-state index is 0.0711. The Morgan fingerprint density at radius 2 is 2.35 bits per heavy atom. The highest BCUT2D eigenvalue weighted by Crippen LogP contribution is 2.18. The molecule has 0 aromatic carbocycles. The minimum Gasteiger partial charge on any atom is -0.311 e. The van der Waals surface area contributed by atoms with E-state index in [0.29, 0.717) is 18.3 Å². The number of fused-ring (bicyclic) bond motifs is 1. The summed E-state index contributed by atoms with van der Waals surface area (Å²) >= 11 is 0. The molecule has 1 aliphatic rings. The molecule has 8 heteroatoms. The van der Waals surface area contributed by atoms with E-state index in [9.17, 15) is 9.59 Å². The lowest BCUT2D eigenvalue weighted by atomic mass is 10.0. The number of hydrogen-bond donors (Lipinski definition) is 2. The number of aromatic nitrogens is 4. The standard InChI is InChI=1S/C12H12N6O2/c19-10(16-9-3-1-2-4-13-9)5-8-6-18-12(14-7-15-18)17-11(8)20/h1-4,7-8H,5-6H2,(H,13,16,19)(H,14,15,17,20)/t8-/m1/s1. The second-order valence-electron chi connectivity index (χ2n) is 4.42. The Labute approximate surface area is 114 Å². The van der Waals surface area contributed by atoms with Crippen LogP contribution >= 0.6 is 0 Å². The van der Waals surface area contributed by atoms with Crippen molar-refractivity contribution in [3.63, 3.8) is 0 Å². The Bertz CT molecular complexity index is 638. The molecule has 3 heterocycles. The summed E-state index contributed by atoms with van der Waals surface area (Å²) in [6.45, 7) is 0.344. The fourth-order valence-corrected chi connectivity index (χ4v) is 2.01. The van der Waals surface area contributed by atoms with Crippen molar-refractivity contribution in [3.05, 3.63) is 30.7 Å². The summed E-state index contributed by atoms with van der Waals surface area (Å²) in [5.74, 6) is -0.0615. The minimum atomic E-state index is -0.465. The van der Waals surface area contributed by atoms with E-state index in [4.69, 9.17) is 0 Å². The van der Waals surface area contributed by atoms with Crippen molar-refractivity contribution in [2.24, 2.45) is 5.92 Å². The monoisotopic (exact) mass is 272 g/mol. The summed E-state index contributed by atoms with van der Waals surface area (Å²) in [6.07, 6.45) is 3.03. The van der Waals surface area contributed by atoms with Gasteiger partial charge in [0.2, 0.25) is 17.8 Å². The number of hydrogen-bond acceptors (Lipinski definition) is 5. The van der Waals surface area contributed by atoms with Gasteiger partial charge in [0.1, 0.15) is 12.1 Å². The van der Waals surface area contributed by atoms with Gasteiger partial charge >= 0.3 is 0 Å². The molecule has 1 aliphatic heterocycles. The van der Waals surface area contributed by atoms with E-state index >= 15 is 0 Å². The van der Waals surface area contributed by atoms with E-state index in [1.54, 1.807) is 29.1 Å². The van der Waals surface area contributed by atoms with E-state index in [0.717, 1.165) is 0 Å². The molecule has 0 bridgehead atoms. The summed E-state index contributed by atoms with van der Waals surface area (Å²) in [4.78, 5) is 31.7. The molecule has 2 aromatic rings.